The van der Waals surface area contributed by atoms with E-state index in [-0.39, 0.29) is 18.4 Å². The summed E-state index contributed by atoms with van der Waals surface area (Å²) in [6.07, 6.45) is 0.120. The van der Waals surface area contributed by atoms with Crippen molar-refractivity contribution < 1.29 is 14.6 Å². The molecule has 20 heavy (non-hydrogen) atoms. The molecule has 112 valence electrons. The first-order chi connectivity index (χ1) is 9.43. The van der Waals surface area contributed by atoms with Gasteiger partial charge >= 0.3 is 0 Å². The van der Waals surface area contributed by atoms with E-state index in [0.29, 0.717) is 18.7 Å². The summed E-state index contributed by atoms with van der Waals surface area (Å²) in [6, 6.07) is 5.73. The van der Waals surface area contributed by atoms with Crippen molar-refractivity contribution in [2.24, 2.45) is 5.92 Å². The van der Waals surface area contributed by atoms with Gasteiger partial charge in [0.05, 0.1) is 4.47 Å². The van der Waals surface area contributed by atoms with E-state index >= 15 is 0 Å². The molecule has 2 N–H and O–H groups in total. The van der Waals surface area contributed by atoms with Crippen molar-refractivity contribution >= 4 is 21.8 Å². The van der Waals surface area contributed by atoms with Crippen LogP contribution in [0.3, 0.4) is 0 Å². The maximum Gasteiger partial charge on any atom is 0.260 e. The first kappa shape index (κ1) is 17.0. The predicted octanol–water partition coefficient (Wildman–Crippen LogP) is 2.66. The van der Waals surface area contributed by atoms with Gasteiger partial charge in [0, 0.05) is 13.2 Å². The van der Waals surface area contributed by atoms with Crippen molar-refractivity contribution in [1.82, 2.24) is 5.32 Å². The Kier molecular flexibility index (Phi) is 7.02. The number of nitrogens with one attached hydrogen (secondary N) is 1. The zero-order valence-electron chi connectivity index (χ0n) is 12.1. The molecule has 0 aliphatic heterocycles. The second-order valence-electron chi connectivity index (χ2n) is 5.06. The van der Waals surface area contributed by atoms with Crippen molar-refractivity contribution in [3.05, 3.63) is 28.2 Å². The molecule has 0 saturated heterocycles. The number of ether oxygens (including phenoxy) is 1. The summed E-state index contributed by atoms with van der Waals surface area (Å²) in [4.78, 5) is 11.9. The van der Waals surface area contributed by atoms with Gasteiger partial charge in [0.25, 0.3) is 5.91 Å². The van der Waals surface area contributed by atoms with E-state index in [1.807, 2.05) is 32.0 Å². The Balaban J connectivity index is 2.49. The third kappa shape index (κ3) is 5.51. The molecule has 5 heteroatoms. The van der Waals surface area contributed by atoms with Crippen LogP contribution in [-0.4, -0.2) is 30.3 Å². The second kappa shape index (κ2) is 8.27. The second-order valence-corrected chi connectivity index (χ2v) is 5.91. The van der Waals surface area contributed by atoms with E-state index in [2.05, 4.69) is 21.2 Å². The van der Waals surface area contributed by atoms with Gasteiger partial charge in [0.15, 0.2) is 6.10 Å². The highest BCUT2D eigenvalue weighted by Gasteiger charge is 2.16. The van der Waals surface area contributed by atoms with Crippen molar-refractivity contribution in [3.63, 3.8) is 0 Å². The fourth-order valence-electron chi connectivity index (χ4n) is 1.69. The number of carbonyl (C=O) groups excluding carboxylic acids is 1. The lowest BCUT2D eigenvalue weighted by molar-refractivity contribution is -0.127. The molecule has 2 atom stereocenters. The highest BCUT2D eigenvalue weighted by atomic mass is 79.9. The summed E-state index contributed by atoms with van der Waals surface area (Å²) in [5.74, 6) is 0.756. The molecule has 4 nitrogen and oxygen atoms in total. The van der Waals surface area contributed by atoms with Crippen LogP contribution < -0.4 is 10.1 Å². The van der Waals surface area contributed by atoms with Crippen LogP contribution in [0.5, 0.6) is 5.75 Å². The molecule has 1 aromatic rings. The Morgan fingerprint density at radius 3 is 2.75 bits per heavy atom. The van der Waals surface area contributed by atoms with Gasteiger partial charge in [-0.05, 0) is 59.8 Å². The first-order valence-corrected chi connectivity index (χ1v) is 7.54. The smallest absolute Gasteiger partial charge is 0.260 e. The van der Waals surface area contributed by atoms with E-state index in [0.717, 1.165) is 10.0 Å². The summed E-state index contributed by atoms with van der Waals surface area (Å²) in [5.41, 5.74) is 1.12. The lowest BCUT2D eigenvalue weighted by Gasteiger charge is -2.17. The molecule has 0 radical (unpaired) electrons. The van der Waals surface area contributed by atoms with Gasteiger partial charge in [-0.3, -0.25) is 4.79 Å². The van der Waals surface area contributed by atoms with Crippen LogP contribution in [0, 0.1) is 12.8 Å². The van der Waals surface area contributed by atoms with Crippen molar-refractivity contribution in [2.45, 2.75) is 33.3 Å². The van der Waals surface area contributed by atoms with Crippen molar-refractivity contribution in [2.75, 3.05) is 13.2 Å². The molecular formula is C15H22BrNO3. The fraction of sp³-hybridized carbons (Fsp3) is 0.533. The number of hydrogen-bond acceptors (Lipinski definition) is 3. The van der Waals surface area contributed by atoms with E-state index in [1.165, 1.54) is 0 Å². The number of halogens is 1. The topological polar surface area (TPSA) is 58.6 Å². The van der Waals surface area contributed by atoms with Gasteiger partial charge in [0.2, 0.25) is 0 Å². The lowest BCUT2D eigenvalue weighted by atomic mass is 10.1. The number of aryl methyl sites for hydroxylation is 1. The molecule has 2 unspecified atom stereocenters. The molecular weight excluding hydrogens is 322 g/mol. The minimum atomic E-state index is -0.560. The zero-order chi connectivity index (χ0) is 15.1. The summed E-state index contributed by atoms with van der Waals surface area (Å²) in [7, 11) is 0. The summed E-state index contributed by atoms with van der Waals surface area (Å²) in [6.45, 7) is 6.38. The van der Waals surface area contributed by atoms with E-state index < -0.39 is 6.10 Å². The highest BCUT2D eigenvalue weighted by molar-refractivity contribution is 9.10. The first-order valence-electron chi connectivity index (χ1n) is 6.75. The molecule has 0 fully saturated rings. The Bertz CT molecular complexity index is 451. The number of hydrogen-bond donors (Lipinski definition) is 2. The van der Waals surface area contributed by atoms with Gasteiger partial charge in [-0.25, -0.2) is 0 Å². The standard InChI is InChI=1S/C15H22BrNO3/c1-10-4-5-14(13(16)8-10)20-12(3)15(19)17-9-11(2)6-7-18/h4-5,8,11-12,18H,6-7,9H2,1-3H3,(H,17,19). The molecule has 0 spiro atoms. The van der Waals surface area contributed by atoms with Gasteiger partial charge in [-0.15, -0.1) is 0 Å². The van der Waals surface area contributed by atoms with Crippen LogP contribution in [0.25, 0.3) is 0 Å². The Morgan fingerprint density at radius 1 is 1.45 bits per heavy atom. The number of benzene rings is 1. The average Bonchev–Trinajstić information content (AvgIpc) is 2.39. The third-order valence-electron chi connectivity index (χ3n) is 3.01. The molecule has 1 amide bonds. The SMILES string of the molecule is Cc1ccc(OC(C)C(=O)NCC(C)CCO)c(Br)c1. The molecule has 0 saturated carbocycles. The largest absolute Gasteiger partial charge is 0.480 e. The number of aliphatic hydroxyl groups excluding tert-OH is 1. The molecule has 1 rings (SSSR count). The van der Waals surface area contributed by atoms with Crippen LogP contribution >= 0.6 is 15.9 Å². The maximum absolute atomic E-state index is 11.9. The maximum atomic E-state index is 11.9. The highest BCUT2D eigenvalue weighted by Crippen LogP contribution is 2.26. The van der Waals surface area contributed by atoms with E-state index in [9.17, 15) is 4.79 Å². The number of aliphatic hydroxyl groups is 1. The molecule has 0 bridgehead atoms. The molecule has 0 heterocycles. The summed E-state index contributed by atoms with van der Waals surface area (Å²) >= 11 is 3.42. The minimum absolute atomic E-state index is 0.138. The molecule has 0 aliphatic rings. The van der Waals surface area contributed by atoms with Gasteiger partial charge in [-0.2, -0.15) is 0 Å². The Morgan fingerprint density at radius 2 is 2.15 bits per heavy atom. The van der Waals surface area contributed by atoms with Crippen LogP contribution in [0.4, 0.5) is 0 Å². The van der Waals surface area contributed by atoms with Gasteiger partial charge < -0.3 is 15.2 Å². The van der Waals surface area contributed by atoms with Crippen molar-refractivity contribution in [3.8, 4) is 5.75 Å². The van der Waals surface area contributed by atoms with Gasteiger partial charge in [0.1, 0.15) is 5.75 Å². The number of rotatable bonds is 7. The quantitative estimate of drug-likeness (QED) is 0.800. The Labute approximate surface area is 128 Å². The molecule has 0 aliphatic carbocycles. The summed E-state index contributed by atoms with van der Waals surface area (Å²) < 4.78 is 6.48. The lowest BCUT2D eigenvalue weighted by Crippen LogP contribution is -2.38. The van der Waals surface area contributed by atoms with Gasteiger partial charge in [-0.1, -0.05) is 13.0 Å². The fourth-order valence-corrected chi connectivity index (χ4v) is 2.27. The number of carbonyl (C=O) groups is 1. The number of amides is 1. The van der Waals surface area contributed by atoms with Crippen LogP contribution in [0.1, 0.15) is 25.8 Å². The predicted molar refractivity (Wildman–Crippen MR) is 82.8 cm³/mol. The van der Waals surface area contributed by atoms with Crippen LogP contribution in [0.2, 0.25) is 0 Å². The zero-order valence-corrected chi connectivity index (χ0v) is 13.7. The van der Waals surface area contributed by atoms with E-state index in [1.54, 1.807) is 6.92 Å². The third-order valence-corrected chi connectivity index (χ3v) is 3.63. The molecule has 1 aromatic carbocycles. The summed E-state index contributed by atoms with van der Waals surface area (Å²) in [5, 5.41) is 11.6. The van der Waals surface area contributed by atoms with Crippen molar-refractivity contribution in [1.29, 1.82) is 0 Å². The Hall–Kier alpha value is -1.07. The van der Waals surface area contributed by atoms with Crippen LogP contribution in [-0.2, 0) is 4.79 Å². The molecule has 0 aromatic heterocycles. The minimum Gasteiger partial charge on any atom is -0.480 e. The van der Waals surface area contributed by atoms with E-state index in [4.69, 9.17) is 9.84 Å². The van der Waals surface area contributed by atoms with Crippen LogP contribution in [0.15, 0.2) is 22.7 Å². The normalized spacial score (nSPS) is 13.7. The average molecular weight is 344 g/mol. The monoisotopic (exact) mass is 343 g/mol.